The van der Waals surface area contributed by atoms with Gasteiger partial charge in [0.1, 0.15) is 16.4 Å². The minimum Gasteiger partial charge on any atom is -0.495 e. The molecule has 0 aliphatic heterocycles. The van der Waals surface area contributed by atoms with Crippen molar-refractivity contribution in [1.29, 1.82) is 0 Å². The summed E-state index contributed by atoms with van der Waals surface area (Å²) in [6.07, 6.45) is 3.62. The number of benzene rings is 1. The van der Waals surface area contributed by atoms with E-state index in [1.54, 1.807) is 6.07 Å². The lowest BCUT2D eigenvalue weighted by molar-refractivity contribution is -0.129. The van der Waals surface area contributed by atoms with Crippen LogP contribution < -0.4 is 4.74 Å². The fraction of sp³-hybridized carbons (Fsp3) is 0.650. The summed E-state index contributed by atoms with van der Waals surface area (Å²) < 4.78 is 70.4. The predicted molar refractivity (Wildman–Crippen MR) is 95.9 cm³/mol. The molecule has 8 heteroatoms. The van der Waals surface area contributed by atoms with E-state index in [-0.39, 0.29) is 34.8 Å². The summed E-state index contributed by atoms with van der Waals surface area (Å²) in [7, 11) is -4.37. The second-order valence-corrected chi connectivity index (χ2v) is 10.3. The van der Waals surface area contributed by atoms with Gasteiger partial charge < -0.3 is 4.74 Å². The Morgan fingerprint density at radius 3 is 2.50 bits per heavy atom. The molecule has 0 radical (unpaired) electrons. The Balaban J connectivity index is 1.90. The first-order chi connectivity index (χ1) is 13.0. The third-order valence-corrected chi connectivity index (χ3v) is 8.88. The van der Waals surface area contributed by atoms with E-state index in [0.29, 0.717) is 31.2 Å². The first-order valence-corrected chi connectivity index (χ1v) is 11.0. The lowest BCUT2D eigenvalue weighted by Gasteiger charge is -2.48. The zero-order valence-electron chi connectivity index (χ0n) is 15.8. The zero-order chi connectivity index (χ0) is 20.5. The molecule has 4 atom stereocenters. The zero-order valence-corrected chi connectivity index (χ0v) is 16.6. The van der Waals surface area contributed by atoms with Crippen LogP contribution in [0.4, 0.5) is 13.2 Å². The lowest BCUT2D eigenvalue weighted by atomic mass is 9.55. The molecule has 4 rings (SSSR count). The molecule has 0 spiro atoms. The lowest BCUT2D eigenvalue weighted by Crippen LogP contribution is -2.43. The fourth-order valence-electron chi connectivity index (χ4n) is 5.94. The average Bonchev–Trinajstić information content (AvgIpc) is 2.94. The Kier molecular flexibility index (Phi) is 4.38. The van der Waals surface area contributed by atoms with Crippen LogP contribution in [0.15, 0.2) is 17.0 Å². The summed E-state index contributed by atoms with van der Waals surface area (Å²) in [5.74, 6) is -0.204. The minimum atomic E-state index is -5.55. The van der Waals surface area contributed by atoms with Gasteiger partial charge in [0.05, 0.1) is 7.11 Å². The van der Waals surface area contributed by atoms with E-state index in [4.69, 9.17) is 4.74 Å². The van der Waals surface area contributed by atoms with Gasteiger partial charge in [-0.3, -0.25) is 4.79 Å². The number of hydrogen-bond acceptors (Lipinski definition) is 4. The molecule has 2 fully saturated rings. The van der Waals surface area contributed by atoms with E-state index in [9.17, 15) is 26.4 Å². The second kappa shape index (κ2) is 6.21. The molecule has 0 saturated heterocycles. The summed E-state index contributed by atoms with van der Waals surface area (Å²) in [5.41, 5.74) is -4.90. The van der Waals surface area contributed by atoms with Crippen molar-refractivity contribution in [2.75, 3.05) is 7.11 Å². The van der Waals surface area contributed by atoms with Crippen LogP contribution in [0.3, 0.4) is 0 Å². The summed E-state index contributed by atoms with van der Waals surface area (Å²) >= 11 is 0. The largest absolute Gasteiger partial charge is 0.502 e. The fourth-order valence-corrected chi connectivity index (χ4v) is 7.16. The summed E-state index contributed by atoms with van der Waals surface area (Å²) in [4.78, 5) is 11.7. The first-order valence-electron chi connectivity index (χ1n) is 9.57. The molecule has 0 amide bonds. The van der Waals surface area contributed by atoms with E-state index in [1.807, 2.05) is 6.92 Å². The van der Waals surface area contributed by atoms with Gasteiger partial charge in [-0.15, -0.1) is 0 Å². The van der Waals surface area contributed by atoms with Gasteiger partial charge in [0, 0.05) is 11.8 Å². The van der Waals surface area contributed by atoms with Gasteiger partial charge in [0.15, 0.2) is 0 Å². The van der Waals surface area contributed by atoms with Gasteiger partial charge in [0.25, 0.3) is 9.84 Å². The number of ketones is 1. The molecule has 2 saturated carbocycles. The van der Waals surface area contributed by atoms with Crippen LogP contribution in [0, 0.1) is 17.3 Å². The SMILES string of the molecule is COc1ccc2c(c1S(=O)(=O)C(F)(F)F)[C@H]1CC[C@]3(C)C(=O)CC[C@H]3[C@@H]1CC2. The van der Waals surface area contributed by atoms with Gasteiger partial charge in [-0.25, -0.2) is 8.42 Å². The molecule has 154 valence electrons. The van der Waals surface area contributed by atoms with E-state index in [1.165, 1.54) is 13.2 Å². The second-order valence-electron chi connectivity index (χ2n) is 8.45. The number of methoxy groups -OCH3 is 1. The number of fused-ring (bicyclic) bond motifs is 5. The molecule has 0 aromatic heterocycles. The van der Waals surface area contributed by atoms with Crippen molar-refractivity contribution in [2.45, 2.75) is 61.8 Å². The quantitative estimate of drug-likeness (QED) is 0.716. The maximum absolute atomic E-state index is 13.5. The summed E-state index contributed by atoms with van der Waals surface area (Å²) in [5, 5.41) is 0. The number of aryl methyl sites for hydroxylation is 1. The van der Waals surface area contributed by atoms with Gasteiger partial charge in [-0.2, -0.15) is 13.2 Å². The number of sulfone groups is 1. The van der Waals surface area contributed by atoms with Gasteiger partial charge >= 0.3 is 5.51 Å². The molecular formula is C20H23F3O4S. The van der Waals surface area contributed by atoms with Crippen molar-refractivity contribution in [3.8, 4) is 5.75 Å². The molecule has 0 N–H and O–H groups in total. The number of alkyl halides is 3. The highest BCUT2D eigenvalue weighted by Gasteiger charge is 2.57. The van der Waals surface area contributed by atoms with Crippen LogP contribution in [0.25, 0.3) is 0 Å². The maximum Gasteiger partial charge on any atom is 0.502 e. The Morgan fingerprint density at radius 2 is 1.86 bits per heavy atom. The molecule has 3 aliphatic rings. The van der Waals surface area contributed by atoms with E-state index in [2.05, 4.69) is 0 Å². The van der Waals surface area contributed by atoms with E-state index >= 15 is 0 Å². The van der Waals surface area contributed by atoms with Crippen molar-refractivity contribution < 1.29 is 31.1 Å². The normalized spacial score (nSPS) is 32.5. The number of carbonyl (C=O) groups is 1. The molecule has 1 aromatic carbocycles. The third-order valence-electron chi connectivity index (χ3n) is 7.31. The minimum absolute atomic E-state index is 0.0204. The summed E-state index contributed by atoms with van der Waals surface area (Å²) in [6.45, 7) is 1.97. The monoisotopic (exact) mass is 416 g/mol. The molecule has 0 heterocycles. The maximum atomic E-state index is 13.5. The third kappa shape index (κ3) is 2.56. The Labute approximate surface area is 162 Å². The van der Waals surface area contributed by atoms with Crippen LogP contribution >= 0.6 is 0 Å². The number of halogens is 3. The van der Waals surface area contributed by atoms with E-state index in [0.717, 1.165) is 12.8 Å². The highest BCUT2D eigenvalue weighted by molar-refractivity contribution is 7.92. The highest BCUT2D eigenvalue weighted by atomic mass is 32.2. The summed E-state index contributed by atoms with van der Waals surface area (Å²) in [6, 6.07) is 3.01. The van der Waals surface area contributed by atoms with Crippen LogP contribution in [-0.2, 0) is 21.1 Å². The van der Waals surface area contributed by atoms with Crippen LogP contribution in [-0.4, -0.2) is 26.8 Å². The molecule has 28 heavy (non-hydrogen) atoms. The van der Waals surface area contributed by atoms with Crippen LogP contribution in [0.1, 0.15) is 56.1 Å². The molecule has 3 aliphatic carbocycles. The smallest absolute Gasteiger partial charge is 0.495 e. The molecule has 0 bridgehead atoms. The average molecular weight is 416 g/mol. The highest BCUT2D eigenvalue weighted by Crippen LogP contribution is 2.61. The van der Waals surface area contributed by atoms with Gasteiger partial charge in [0.2, 0.25) is 0 Å². The Morgan fingerprint density at radius 1 is 1.14 bits per heavy atom. The van der Waals surface area contributed by atoms with Gasteiger partial charge in [-0.05, 0) is 67.1 Å². The molecular weight excluding hydrogens is 393 g/mol. The number of rotatable bonds is 2. The van der Waals surface area contributed by atoms with Crippen molar-refractivity contribution in [2.24, 2.45) is 17.3 Å². The van der Waals surface area contributed by atoms with Crippen molar-refractivity contribution in [3.05, 3.63) is 23.3 Å². The first kappa shape index (κ1) is 19.7. The molecule has 1 aromatic rings. The number of Topliss-reactive ketones (excluding diaryl/α,β-unsaturated/α-hetero) is 1. The standard InChI is InChI=1S/C20H23F3O4S/c1-19-10-9-13-12(14(19)6-8-16(19)24)5-3-11-4-7-15(27-2)18(17(11)13)28(25,26)20(21,22)23/h4,7,12-14H,3,5-6,8-10H2,1-2H3/t12-,13+,14+,19+/m1/s1. The predicted octanol–water partition coefficient (Wildman–Crippen LogP) is 4.41. The number of ether oxygens (including phenoxy) is 1. The van der Waals surface area contributed by atoms with Gasteiger partial charge in [-0.1, -0.05) is 13.0 Å². The van der Waals surface area contributed by atoms with Crippen LogP contribution in [0.5, 0.6) is 5.75 Å². The van der Waals surface area contributed by atoms with Crippen LogP contribution in [0.2, 0.25) is 0 Å². The van der Waals surface area contributed by atoms with Crippen molar-refractivity contribution >= 4 is 15.6 Å². The Bertz CT molecular complexity index is 938. The molecule has 0 unspecified atom stereocenters. The Hall–Kier alpha value is -1.57. The number of carbonyl (C=O) groups excluding carboxylic acids is 1. The number of hydrogen-bond donors (Lipinski definition) is 0. The topological polar surface area (TPSA) is 60.4 Å². The van der Waals surface area contributed by atoms with Crippen molar-refractivity contribution in [1.82, 2.24) is 0 Å². The molecule has 4 nitrogen and oxygen atoms in total. The van der Waals surface area contributed by atoms with Crippen molar-refractivity contribution in [3.63, 3.8) is 0 Å². The van der Waals surface area contributed by atoms with E-state index < -0.39 is 25.7 Å².